The van der Waals surface area contributed by atoms with E-state index >= 15 is 0 Å². The first-order valence-corrected chi connectivity index (χ1v) is 12.8. The Labute approximate surface area is 210 Å². The predicted molar refractivity (Wildman–Crippen MR) is 142 cm³/mol. The van der Waals surface area contributed by atoms with E-state index < -0.39 is 0 Å². The Morgan fingerprint density at radius 1 is 1.03 bits per heavy atom. The van der Waals surface area contributed by atoms with Crippen LogP contribution in [-0.2, 0) is 9.59 Å². The Morgan fingerprint density at radius 3 is 2.29 bits per heavy atom. The molecule has 2 aromatic carbocycles. The van der Waals surface area contributed by atoms with E-state index in [-0.39, 0.29) is 34.8 Å². The summed E-state index contributed by atoms with van der Waals surface area (Å²) in [5.41, 5.74) is 4.07. The van der Waals surface area contributed by atoms with Gasteiger partial charge in [-0.2, -0.15) is 0 Å². The third kappa shape index (κ3) is 7.03. The van der Waals surface area contributed by atoms with Gasteiger partial charge in [-0.05, 0) is 61.3 Å². The molecule has 0 spiro atoms. The molecule has 0 bridgehead atoms. The molecular formula is C30H40N2O3. The third-order valence-electron chi connectivity index (χ3n) is 6.93. The molecule has 5 nitrogen and oxygen atoms in total. The molecule has 3 rings (SSSR count). The Balaban J connectivity index is 1.84. The van der Waals surface area contributed by atoms with Crippen molar-refractivity contribution in [1.29, 1.82) is 0 Å². The number of Topliss-reactive ketones (excluding diaryl/α,β-unsaturated/α-hetero) is 1. The topological polar surface area (TPSA) is 66.5 Å². The van der Waals surface area contributed by atoms with Crippen molar-refractivity contribution >= 4 is 23.3 Å². The van der Waals surface area contributed by atoms with Crippen LogP contribution >= 0.6 is 0 Å². The third-order valence-corrected chi connectivity index (χ3v) is 6.93. The first-order chi connectivity index (χ1) is 16.5. The van der Waals surface area contributed by atoms with Gasteiger partial charge in [0.05, 0.1) is 11.6 Å². The minimum atomic E-state index is -0.303. The summed E-state index contributed by atoms with van der Waals surface area (Å²) >= 11 is 0. The number of nitrogens with zero attached hydrogens (tertiary/aromatic N) is 1. The highest BCUT2D eigenvalue weighted by Gasteiger charge is 2.34. The lowest BCUT2D eigenvalue weighted by molar-refractivity contribution is -0.134. The molecule has 0 aliphatic carbocycles. The van der Waals surface area contributed by atoms with Gasteiger partial charge in [-0.15, -0.1) is 0 Å². The first kappa shape index (κ1) is 26.7. The molecule has 1 aliphatic rings. The maximum absolute atomic E-state index is 13.5. The molecule has 2 amide bonds. The molecule has 5 heteroatoms. The van der Waals surface area contributed by atoms with Crippen LogP contribution in [0.1, 0.15) is 76.2 Å². The molecule has 2 aromatic rings. The van der Waals surface area contributed by atoms with Crippen molar-refractivity contribution in [2.75, 3.05) is 18.4 Å². The highest BCUT2D eigenvalue weighted by Crippen LogP contribution is 2.31. The number of anilines is 1. The van der Waals surface area contributed by atoms with Crippen LogP contribution in [0.15, 0.2) is 42.5 Å². The summed E-state index contributed by atoms with van der Waals surface area (Å²) in [6.07, 6.45) is 3.17. The number of aryl methyl sites for hydroxylation is 1. The van der Waals surface area contributed by atoms with Crippen LogP contribution in [0.3, 0.4) is 0 Å². The zero-order valence-corrected chi connectivity index (χ0v) is 22.1. The lowest BCUT2D eigenvalue weighted by Crippen LogP contribution is -2.41. The second-order valence-corrected chi connectivity index (χ2v) is 11.2. The van der Waals surface area contributed by atoms with E-state index in [2.05, 4.69) is 33.0 Å². The van der Waals surface area contributed by atoms with Crippen molar-refractivity contribution in [3.05, 3.63) is 53.6 Å². The molecule has 1 saturated heterocycles. The average molecular weight is 477 g/mol. The van der Waals surface area contributed by atoms with Crippen LogP contribution in [0.4, 0.5) is 5.69 Å². The van der Waals surface area contributed by atoms with Crippen LogP contribution < -0.4 is 5.32 Å². The molecule has 0 aromatic heterocycles. The van der Waals surface area contributed by atoms with Crippen LogP contribution in [-0.4, -0.2) is 35.6 Å². The lowest BCUT2D eigenvalue weighted by Gasteiger charge is -2.29. The summed E-state index contributed by atoms with van der Waals surface area (Å²) in [6.45, 7) is 13.0. The lowest BCUT2D eigenvalue weighted by atomic mass is 9.86. The van der Waals surface area contributed by atoms with E-state index in [1.165, 1.54) is 12.5 Å². The average Bonchev–Trinajstić information content (AvgIpc) is 3.01. The first-order valence-electron chi connectivity index (χ1n) is 12.8. The molecule has 1 N–H and O–H groups in total. The largest absolute Gasteiger partial charge is 0.342 e. The van der Waals surface area contributed by atoms with Crippen molar-refractivity contribution in [2.45, 2.75) is 67.2 Å². The van der Waals surface area contributed by atoms with Gasteiger partial charge in [0, 0.05) is 25.1 Å². The number of amides is 2. The fourth-order valence-corrected chi connectivity index (χ4v) is 4.90. The molecule has 1 fully saturated rings. The van der Waals surface area contributed by atoms with Gasteiger partial charge in [-0.25, -0.2) is 0 Å². The molecule has 0 saturated carbocycles. The number of carbonyl (C=O) groups excluding carboxylic acids is 3. The Bertz CT molecular complexity index is 1070. The fourth-order valence-electron chi connectivity index (χ4n) is 4.90. The van der Waals surface area contributed by atoms with Crippen LogP contribution in [0, 0.1) is 24.2 Å². The number of hydrogen-bond acceptors (Lipinski definition) is 3. The van der Waals surface area contributed by atoms with Gasteiger partial charge in [0.15, 0.2) is 5.78 Å². The zero-order valence-electron chi connectivity index (χ0n) is 22.1. The molecule has 1 aliphatic heterocycles. The second-order valence-electron chi connectivity index (χ2n) is 11.2. The summed E-state index contributed by atoms with van der Waals surface area (Å²) in [7, 11) is 0. The quantitative estimate of drug-likeness (QED) is 0.484. The Morgan fingerprint density at radius 2 is 1.69 bits per heavy atom. The minimum Gasteiger partial charge on any atom is -0.342 e. The number of ketones is 1. The highest BCUT2D eigenvalue weighted by molar-refractivity contribution is 6.05. The van der Waals surface area contributed by atoms with Crippen LogP contribution in [0.25, 0.3) is 11.1 Å². The number of nitrogens with one attached hydrogen (secondary N) is 1. The highest BCUT2D eigenvalue weighted by atomic mass is 16.2. The van der Waals surface area contributed by atoms with Gasteiger partial charge in [0.2, 0.25) is 11.8 Å². The Kier molecular flexibility index (Phi) is 8.52. The number of hydrogen-bond donors (Lipinski definition) is 1. The van der Waals surface area contributed by atoms with Gasteiger partial charge >= 0.3 is 0 Å². The van der Waals surface area contributed by atoms with Crippen molar-refractivity contribution in [2.24, 2.45) is 17.3 Å². The Hall–Kier alpha value is -2.95. The number of rotatable bonds is 6. The van der Waals surface area contributed by atoms with Gasteiger partial charge in [-0.3, -0.25) is 14.4 Å². The molecule has 0 radical (unpaired) electrons. The molecular weight excluding hydrogens is 436 g/mol. The smallest absolute Gasteiger partial charge is 0.229 e. The predicted octanol–water partition coefficient (Wildman–Crippen LogP) is 6.50. The standard InChI is InChI=1S/C30H40N2O3/c1-7-22-9-8-16-32(28(34)18-30(4,5)6)19-26(22)29(35)31-27-15-14-24(17-25(27)21(3)33)23-12-10-20(2)11-13-23/h10-15,17,22,26H,7-9,16,18-19H2,1-6H3,(H,31,35). The molecule has 2 atom stereocenters. The molecule has 1 heterocycles. The van der Waals surface area contributed by atoms with E-state index in [1.807, 2.05) is 54.3 Å². The number of carbonyl (C=O) groups is 3. The summed E-state index contributed by atoms with van der Waals surface area (Å²) in [5.74, 6) is -0.195. The van der Waals surface area contributed by atoms with Gasteiger partial charge in [-0.1, -0.05) is 70.0 Å². The van der Waals surface area contributed by atoms with E-state index in [4.69, 9.17) is 0 Å². The SMILES string of the molecule is CCC1CCCN(C(=O)CC(C)(C)C)CC1C(=O)Nc1ccc(-c2ccc(C)cc2)cc1C(C)=O. The van der Waals surface area contributed by atoms with Crippen LogP contribution in [0.5, 0.6) is 0 Å². The van der Waals surface area contributed by atoms with Crippen molar-refractivity contribution in [1.82, 2.24) is 4.90 Å². The van der Waals surface area contributed by atoms with E-state index in [1.54, 1.807) is 0 Å². The van der Waals surface area contributed by atoms with E-state index in [0.29, 0.717) is 30.8 Å². The van der Waals surface area contributed by atoms with Crippen molar-refractivity contribution < 1.29 is 14.4 Å². The monoisotopic (exact) mass is 476 g/mol. The molecule has 188 valence electrons. The molecule has 2 unspecified atom stereocenters. The maximum Gasteiger partial charge on any atom is 0.229 e. The summed E-state index contributed by atoms with van der Waals surface area (Å²) in [5, 5.41) is 3.05. The zero-order chi connectivity index (χ0) is 25.8. The summed E-state index contributed by atoms with van der Waals surface area (Å²) in [4.78, 5) is 40.9. The van der Waals surface area contributed by atoms with E-state index in [0.717, 1.165) is 30.4 Å². The van der Waals surface area contributed by atoms with Crippen molar-refractivity contribution in [3.8, 4) is 11.1 Å². The maximum atomic E-state index is 13.5. The number of likely N-dealkylation sites (tertiary alicyclic amines) is 1. The fraction of sp³-hybridized carbons (Fsp3) is 0.500. The normalized spacial score (nSPS) is 18.6. The van der Waals surface area contributed by atoms with Crippen LogP contribution in [0.2, 0.25) is 0 Å². The van der Waals surface area contributed by atoms with Gasteiger partial charge in [0.25, 0.3) is 0 Å². The van der Waals surface area contributed by atoms with Gasteiger partial charge in [0.1, 0.15) is 0 Å². The number of benzene rings is 2. The molecule has 35 heavy (non-hydrogen) atoms. The summed E-state index contributed by atoms with van der Waals surface area (Å²) < 4.78 is 0. The minimum absolute atomic E-state index is 0.0934. The van der Waals surface area contributed by atoms with E-state index in [9.17, 15) is 14.4 Å². The second kappa shape index (κ2) is 11.2. The van der Waals surface area contributed by atoms with Gasteiger partial charge < -0.3 is 10.2 Å². The summed E-state index contributed by atoms with van der Waals surface area (Å²) in [6, 6.07) is 13.8. The van der Waals surface area contributed by atoms with Crippen molar-refractivity contribution in [3.63, 3.8) is 0 Å².